The van der Waals surface area contributed by atoms with Crippen molar-refractivity contribution in [3.63, 3.8) is 0 Å². The highest BCUT2D eigenvalue weighted by molar-refractivity contribution is 6.45. The van der Waals surface area contributed by atoms with E-state index in [4.69, 9.17) is 4.74 Å². The standard InChI is InChI=1S/C21H21N3O3/c1-13-7-8-18(22-11-13)27-15-9-10-24(12-15)21(26)20(25)19-14(2)23-17-6-4-3-5-16(17)19/h3-8,11,15,23H,9-10,12H2,1-2H3. The van der Waals surface area contributed by atoms with Crippen LogP contribution in [0.1, 0.15) is 28.0 Å². The maximum atomic E-state index is 12.9. The van der Waals surface area contributed by atoms with E-state index < -0.39 is 11.7 Å². The van der Waals surface area contributed by atoms with Crippen molar-refractivity contribution in [3.8, 4) is 5.88 Å². The molecule has 1 fully saturated rings. The van der Waals surface area contributed by atoms with Gasteiger partial charge >= 0.3 is 0 Å². The van der Waals surface area contributed by atoms with E-state index in [0.717, 1.165) is 16.5 Å². The van der Waals surface area contributed by atoms with Gasteiger partial charge in [-0.2, -0.15) is 0 Å². The third-order valence-electron chi connectivity index (χ3n) is 4.92. The minimum atomic E-state index is -0.481. The lowest BCUT2D eigenvalue weighted by Crippen LogP contribution is -2.36. The molecule has 0 radical (unpaired) electrons. The predicted octanol–water partition coefficient (Wildman–Crippen LogP) is 3.04. The molecule has 1 aromatic carbocycles. The van der Waals surface area contributed by atoms with Crippen LogP contribution in [0.2, 0.25) is 0 Å². The van der Waals surface area contributed by atoms with Crippen molar-refractivity contribution < 1.29 is 14.3 Å². The minimum Gasteiger partial charge on any atom is -0.472 e. The van der Waals surface area contributed by atoms with E-state index in [0.29, 0.717) is 36.6 Å². The molecule has 1 saturated heterocycles. The molecule has 1 N–H and O–H groups in total. The zero-order valence-corrected chi connectivity index (χ0v) is 15.4. The molecule has 4 rings (SSSR count). The number of hydrogen-bond acceptors (Lipinski definition) is 4. The molecular weight excluding hydrogens is 342 g/mol. The first-order chi connectivity index (χ1) is 13.0. The summed E-state index contributed by atoms with van der Waals surface area (Å²) in [6, 6.07) is 11.3. The molecule has 1 atom stereocenters. The molecule has 6 nitrogen and oxygen atoms in total. The van der Waals surface area contributed by atoms with Gasteiger partial charge in [-0.05, 0) is 25.5 Å². The van der Waals surface area contributed by atoms with E-state index in [-0.39, 0.29) is 6.10 Å². The summed E-state index contributed by atoms with van der Waals surface area (Å²) in [5, 5.41) is 0.782. The summed E-state index contributed by atoms with van der Waals surface area (Å²) in [5.74, 6) is -0.413. The Kier molecular flexibility index (Phi) is 4.39. The first kappa shape index (κ1) is 17.3. The second kappa shape index (κ2) is 6.87. The zero-order valence-electron chi connectivity index (χ0n) is 15.4. The van der Waals surface area contributed by atoms with Crippen molar-refractivity contribution in [2.24, 2.45) is 0 Å². The Morgan fingerprint density at radius 2 is 2.00 bits per heavy atom. The number of aromatic amines is 1. The average molecular weight is 363 g/mol. The van der Waals surface area contributed by atoms with E-state index in [9.17, 15) is 9.59 Å². The number of ketones is 1. The van der Waals surface area contributed by atoms with Gasteiger partial charge < -0.3 is 14.6 Å². The predicted molar refractivity (Wildman–Crippen MR) is 102 cm³/mol. The second-order valence-corrected chi connectivity index (χ2v) is 6.95. The van der Waals surface area contributed by atoms with Gasteiger partial charge in [-0.15, -0.1) is 0 Å². The number of Topliss-reactive ketones (excluding diaryl/α,β-unsaturated/α-hetero) is 1. The Morgan fingerprint density at radius 1 is 1.19 bits per heavy atom. The topological polar surface area (TPSA) is 75.3 Å². The van der Waals surface area contributed by atoms with Gasteiger partial charge in [0, 0.05) is 41.8 Å². The average Bonchev–Trinajstić information content (AvgIpc) is 3.26. The van der Waals surface area contributed by atoms with Crippen molar-refractivity contribution in [2.45, 2.75) is 26.4 Å². The van der Waals surface area contributed by atoms with E-state index >= 15 is 0 Å². The van der Waals surface area contributed by atoms with Gasteiger partial charge in [0.1, 0.15) is 6.10 Å². The number of carbonyl (C=O) groups excluding carboxylic acids is 2. The molecule has 0 bridgehead atoms. The first-order valence-corrected chi connectivity index (χ1v) is 9.03. The number of hydrogen-bond donors (Lipinski definition) is 1. The summed E-state index contributed by atoms with van der Waals surface area (Å²) in [4.78, 5) is 34.6. The number of fused-ring (bicyclic) bond motifs is 1. The Bertz CT molecular complexity index is 1010. The van der Waals surface area contributed by atoms with Crippen LogP contribution in [0.5, 0.6) is 5.88 Å². The number of ether oxygens (including phenoxy) is 1. The number of para-hydroxylation sites is 1. The Labute approximate surface area is 157 Å². The molecule has 138 valence electrons. The van der Waals surface area contributed by atoms with E-state index in [1.165, 1.54) is 0 Å². The van der Waals surface area contributed by atoms with Crippen LogP contribution in [0.15, 0.2) is 42.6 Å². The van der Waals surface area contributed by atoms with Crippen LogP contribution in [-0.2, 0) is 4.79 Å². The fourth-order valence-electron chi connectivity index (χ4n) is 3.52. The van der Waals surface area contributed by atoms with Crippen LogP contribution >= 0.6 is 0 Å². The summed E-state index contributed by atoms with van der Waals surface area (Å²) in [6.07, 6.45) is 2.28. The van der Waals surface area contributed by atoms with E-state index in [1.54, 1.807) is 11.1 Å². The summed E-state index contributed by atoms with van der Waals surface area (Å²) in [5.41, 5.74) is 3.09. The van der Waals surface area contributed by atoms with Crippen molar-refractivity contribution in [2.75, 3.05) is 13.1 Å². The highest BCUT2D eigenvalue weighted by Gasteiger charge is 2.33. The summed E-state index contributed by atoms with van der Waals surface area (Å²) < 4.78 is 5.85. The molecule has 1 amide bonds. The van der Waals surface area contributed by atoms with Crippen molar-refractivity contribution >= 4 is 22.6 Å². The number of nitrogens with zero attached hydrogens (tertiary/aromatic N) is 2. The van der Waals surface area contributed by atoms with Crippen molar-refractivity contribution in [1.29, 1.82) is 0 Å². The number of amides is 1. The molecule has 1 aliphatic heterocycles. The smallest absolute Gasteiger partial charge is 0.295 e. The molecule has 2 aromatic heterocycles. The van der Waals surface area contributed by atoms with Crippen molar-refractivity contribution in [1.82, 2.24) is 14.9 Å². The number of rotatable bonds is 4. The molecule has 3 heterocycles. The fourth-order valence-corrected chi connectivity index (χ4v) is 3.52. The normalized spacial score (nSPS) is 16.7. The quantitative estimate of drug-likeness (QED) is 0.571. The Hall–Kier alpha value is -3.15. The highest BCUT2D eigenvalue weighted by atomic mass is 16.5. The Balaban J connectivity index is 1.47. The second-order valence-electron chi connectivity index (χ2n) is 6.95. The number of benzene rings is 1. The summed E-state index contributed by atoms with van der Waals surface area (Å²) >= 11 is 0. The van der Waals surface area contributed by atoms with Gasteiger partial charge in [0.2, 0.25) is 5.88 Å². The lowest BCUT2D eigenvalue weighted by Gasteiger charge is -2.16. The number of likely N-dealkylation sites (tertiary alicyclic amines) is 1. The third-order valence-corrected chi connectivity index (χ3v) is 4.92. The SMILES string of the molecule is Cc1ccc(OC2CCN(C(=O)C(=O)c3c(C)[nH]c4ccccc34)C2)nc1. The Morgan fingerprint density at radius 3 is 2.78 bits per heavy atom. The van der Waals surface area contributed by atoms with Gasteiger partial charge in [0.25, 0.3) is 11.7 Å². The molecule has 0 aliphatic carbocycles. The molecule has 1 aliphatic rings. The van der Waals surface area contributed by atoms with E-state index in [2.05, 4.69) is 9.97 Å². The monoisotopic (exact) mass is 363 g/mol. The number of pyridine rings is 1. The third kappa shape index (κ3) is 3.30. The van der Waals surface area contributed by atoms with Gasteiger partial charge in [-0.25, -0.2) is 4.98 Å². The minimum absolute atomic E-state index is 0.152. The van der Waals surface area contributed by atoms with Crippen LogP contribution in [0, 0.1) is 13.8 Å². The van der Waals surface area contributed by atoms with Gasteiger partial charge in [0.15, 0.2) is 0 Å². The first-order valence-electron chi connectivity index (χ1n) is 9.03. The van der Waals surface area contributed by atoms with Gasteiger partial charge in [-0.1, -0.05) is 24.3 Å². The fraction of sp³-hybridized carbons (Fsp3) is 0.286. The van der Waals surface area contributed by atoms with E-state index in [1.807, 2.05) is 50.2 Å². The van der Waals surface area contributed by atoms with Crippen LogP contribution in [-0.4, -0.2) is 45.8 Å². The van der Waals surface area contributed by atoms with Crippen molar-refractivity contribution in [3.05, 3.63) is 59.4 Å². The molecule has 0 spiro atoms. The van der Waals surface area contributed by atoms with Gasteiger partial charge in [0.05, 0.1) is 12.1 Å². The lowest BCUT2D eigenvalue weighted by atomic mass is 10.1. The zero-order chi connectivity index (χ0) is 19.0. The largest absolute Gasteiger partial charge is 0.472 e. The molecule has 6 heteroatoms. The molecule has 27 heavy (non-hydrogen) atoms. The van der Waals surface area contributed by atoms with Crippen LogP contribution in [0.25, 0.3) is 10.9 Å². The maximum Gasteiger partial charge on any atom is 0.295 e. The van der Waals surface area contributed by atoms with Crippen LogP contribution < -0.4 is 4.74 Å². The number of aromatic nitrogens is 2. The lowest BCUT2D eigenvalue weighted by molar-refractivity contribution is -0.125. The molecule has 0 saturated carbocycles. The number of nitrogens with one attached hydrogen (secondary N) is 1. The summed E-state index contributed by atoms with van der Waals surface area (Å²) in [6.45, 7) is 4.68. The van der Waals surface area contributed by atoms with Gasteiger partial charge in [-0.3, -0.25) is 9.59 Å². The molecule has 3 aromatic rings. The molecular formula is C21H21N3O3. The van der Waals surface area contributed by atoms with Crippen LogP contribution in [0.4, 0.5) is 0 Å². The number of carbonyl (C=O) groups is 2. The number of aryl methyl sites for hydroxylation is 2. The highest BCUT2D eigenvalue weighted by Crippen LogP contribution is 2.24. The van der Waals surface area contributed by atoms with Crippen LogP contribution in [0.3, 0.4) is 0 Å². The molecule has 1 unspecified atom stereocenters. The number of H-pyrrole nitrogens is 1. The maximum absolute atomic E-state index is 12.9. The summed E-state index contributed by atoms with van der Waals surface area (Å²) in [7, 11) is 0.